The Morgan fingerprint density at radius 2 is 1.38 bits per heavy atom. The number of hydrogen-bond donors (Lipinski definition) is 1. The maximum Gasteiger partial charge on any atom is 0.417 e. The van der Waals surface area contributed by atoms with Gasteiger partial charge < -0.3 is 9.47 Å². The normalized spacial score (nSPS) is 10.6. The molecule has 0 radical (unpaired) electrons. The Balaban J connectivity index is 1.78. The molecule has 1 amide bonds. The third kappa shape index (κ3) is 4.45. The van der Waals surface area contributed by atoms with Gasteiger partial charge in [-0.2, -0.15) is 8.78 Å². The molecule has 3 rings (SSSR count). The fourth-order valence-electron chi connectivity index (χ4n) is 2.36. The Labute approximate surface area is 161 Å². The fraction of sp³-hybridized carbons (Fsp3) is 0.0500. The molecule has 0 spiro atoms. The van der Waals surface area contributed by atoms with Crippen LogP contribution in [-0.2, 0) is 0 Å². The third-order valence-corrected chi connectivity index (χ3v) is 3.67. The molecule has 3 aromatic rings. The summed E-state index contributed by atoms with van der Waals surface area (Å²) >= 11 is 0. The van der Waals surface area contributed by atoms with Crippen molar-refractivity contribution in [3.8, 4) is 17.2 Å². The van der Waals surface area contributed by atoms with Crippen molar-refractivity contribution in [2.75, 3.05) is 5.32 Å². The highest BCUT2D eigenvalue weighted by atomic mass is 19.2. The van der Waals surface area contributed by atoms with Gasteiger partial charge in [-0.3, -0.25) is 5.32 Å². The molecule has 0 bridgehead atoms. The van der Waals surface area contributed by atoms with Gasteiger partial charge in [-0.1, -0.05) is 18.2 Å². The Bertz CT molecular complexity index is 1060. The molecule has 3 aromatic carbocycles. The lowest BCUT2D eigenvalue weighted by Crippen LogP contribution is -2.16. The summed E-state index contributed by atoms with van der Waals surface area (Å²) < 4.78 is 77.0. The van der Waals surface area contributed by atoms with Gasteiger partial charge in [0.2, 0.25) is 34.8 Å². The highest BCUT2D eigenvalue weighted by Crippen LogP contribution is 2.33. The van der Waals surface area contributed by atoms with Crippen LogP contribution in [0.15, 0.2) is 48.5 Å². The van der Waals surface area contributed by atoms with Gasteiger partial charge in [0.15, 0.2) is 0 Å². The SMILES string of the molecule is Cc1cccc(OC(=O)Nc2cccc(Oc3c(F)c(F)c(F)c(F)c3F)c2)c1. The molecule has 0 aliphatic carbocycles. The smallest absolute Gasteiger partial charge is 0.417 e. The Hall–Kier alpha value is -3.62. The first-order valence-electron chi connectivity index (χ1n) is 8.11. The molecule has 150 valence electrons. The third-order valence-electron chi connectivity index (χ3n) is 3.67. The lowest BCUT2D eigenvalue weighted by atomic mass is 10.2. The van der Waals surface area contributed by atoms with Crippen molar-refractivity contribution in [2.24, 2.45) is 0 Å². The predicted molar refractivity (Wildman–Crippen MR) is 93.6 cm³/mol. The minimum atomic E-state index is -2.29. The lowest BCUT2D eigenvalue weighted by molar-refractivity contribution is 0.215. The summed E-state index contributed by atoms with van der Waals surface area (Å²) in [5.74, 6) is -12.2. The number of hydrogen-bond acceptors (Lipinski definition) is 3. The Morgan fingerprint density at radius 3 is 2.03 bits per heavy atom. The van der Waals surface area contributed by atoms with Crippen molar-refractivity contribution in [2.45, 2.75) is 6.92 Å². The largest absolute Gasteiger partial charge is 0.451 e. The summed E-state index contributed by atoms with van der Waals surface area (Å²) in [6.07, 6.45) is -0.857. The van der Waals surface area contributed by atoms with E-state index in [1.807, 2.05) is 13.0 Å². The second kappa shape index (κ2) is 8.17. The first kappa shape index (κ1) is 20.1. The van der Waals surface area contributed by atoms with E-state index in [9.17, 15) is 26.7 Å². The molecule has 0 saturated heterocycles. The molecule has 0 fully saturated rings. The van der Waals surface area contributed by atoms with Crippen molar-refractivity contribution in [3.05, 3.63) is 83.2 Å². The van der Waals surface area contributed by atoms with Crippen LogP contribution >= 0.6 is 0 Å². The van der Waals surface area contributed by atoms with E-state index in [4.69, 9.17) is 9.47 Å². The van der Waals surface area contributed by atoms with Crippen LogP contribution in [-0.4, -0.2) is 6.09 Å². The van der Waals surface area contributed by atoms with Crippen molar-refractivity contribution in [3.63, 3.8) is 0 Å². The first-order valence-corrected chi connectivity index (χ1v) is 8.11. The van der Waals surface area contributed by atoms with Gasteiger partial charge in [-0.05, 0) is 36.8 Å². The number of ether oxygens (including phenoxy) is 2. The summed E-state index contributed by atoms with van der Waals surface area (Å²) in [6.45, 7) is 1.81. The number of nitrogens with one attached hydrogen (secondary N) is 1. The van der Waals surface area contributed by atoms with E-state index in [1.165, 1.54) is 18.2 Å². The molecule has 0 aliphatic rings. The minimum absolute atomic E-state index is 0.101. The Kier molecular flexibility index (Phi) is 5.67. The van der Waals surface area contributed by atoms with Crippen molar-refractivity contribution >= 4 is 11.8 Å². The van der Waals surface area contributed by atoms with E-state index in [-0.39, 0.29) is 17.2 Å². The van der Waals surface area contributed by atoms with Crippen LogP contribution in [0.5, 0.6) is 17.2 Å². The molecule has 0 aliphatic heterocycles. The van der Waals surface area contributed by atoms with Crippen LogP contribution in [0.4, 0.5) is 32.4 Å². The molecular weight excluding hydrogens is 397 g/mol. The summed E-state index contributed by atoms with van der Waals surface area (Å²) in [5, 5.41) is 2.36. The lowest BCUT2D eigenvalue weighted by Gasteiger charge is -2.11. The van der Waals surface area contributed by atoms with Gasteiger partial charge in [0.25, 0.3) is 0 Å². The van der Waals surface area contributed by atoms with Crippen LogP contribution in [0.1, 0.15) is 5.56 Å². The first-order chi connectivity index (χ1) is 13.8. The number of aryl methyl sites for hydroxylation is 1. The molecule has 0 unspecified atom stereocenters. The summed E-state index contributed by atoms with van der Waals surface area (Å²) in [4.78, 5) is 12.0. The molecule has 9 heteroatoms. The van der Waals surface area contributed by atoms with Gasteiger partial charge in [0.1, 0.15) is 11.5 Å². The van der Waals surface area contributed by atoms with Crippen molar-refractivity contribution in [1.82, 2.24) is 0 Å². The van der Waals surface area contributed by atoms with E-state index in [1.54, 1.807) is 18.2 Å². The molecular formula is C20H12F5NO3. The molecule has 0 saturated carbocycles. The second-order valence-electron chi connectivity index (χ2n) is 5.86. The number of rotatable bonds is 4. The minimum Gasteiger partial charge on any atom is -0.451 e. The van der Waals surface area contributed by atoms with Crippen LogP contribution in [0.25, 0.3) is 0 Å². The highest BCUT2D eigenvalue weighted by molar-refractivity contribution is 5.86. The quantitative estimate of drug-likeness (QED) is 0.322. The number of halogens is 5. The van der Waals surface area contributed by atoms with Gasteiger partial charge in [0, 0.05) is 11.8 Å². The van der Waals surface area contributed by atoms with Gasteiger partial charge in [-0.15, -0.1) is 0 Å². The zero-order valence-electron chi connectivity index (χ0n) is 14.7. The molecule has 1 N–H and O–H groups in total. The summed E-state index contributed by atoms with van der Waals surface area (Å²) in [5.41, 5.74) is 0.970. The number of benzene rings is 3. The van der Waals surface area contributed by atoms with E-state index < -0.39 is 40.9 Å². The maximum atomic E-state index is 13.7. The van der Waals surface area contributed by atoms with Crippen LogP contribution in [0, 0.1) is 36.0 Å². The fourth-order valence-corrected chi connectivity index (χ4v) is 2.36. The van der Waals surface area contributed by atoms with Crippen LogP contribution in [0.3, 0.4) is 0 Å². The monoisotopic (exact) mass is 409 g/mol. The number of amides is 1. The average Bonchev–Trinajstić information content (AvgIpc) is 2.68. The van der Waals surface area contributed by atoms with Crippen LogP contribution < -0.4 is 14.8 Å². The molecule has 0 heterocycles. The second-order valence-corrected chi connectivity index (χ2v) is 5.86. The molecule has 0 aromatic heterocycles. The van der Waals surface area contributed by atoms with Crippen LogP contribution in [0.2, 0.25) is 0 Å². The number of anilines is 1. The van der Waals surface area contributed by atoms with E-state index in [2.05, 4.69) is 5.32 Å². The zero-order valence-corrected chi connectivity index (χ0v) is 14.7. The van der Waals surface area contributed by atoms with E-state index in [0.29, 0.717) is 0 Å². The predicted octanol–water partition coefficient (Wildman–Crippen LogP) is 6.09. The molecule has 29 heavy (non-hydrogen) atoms. The van der Waals surface area contributed by atoms with Gasteiger partial charge in [-0.25, -0.2) is 18.0 Å². The van der Waals surface area contributed by atoms with Crippen molar-refractivity contribution < 1.29 is 36.2 Å². The van der Waals surface area contributed by atoms with E-state index in [0.717, 1.165) is 11.6 Å². The molecule has 4 nitrogen and oxygen atoms in total. The van der Waals surface area contributed by atoms with E-state index >= 15 is 0 Å². The van der Waals surface area contributed by atoms with Crippen molar-refractivity contribution in [1.29, 1.82) is 0 Å². The number of carbonyl (C=O) groups is 1. The van der Waals surface area contributed by atoms with Gasteiger partial charge in [0.05, 0.1) is 0 Å². The standard InChI is InChI=1S/C20H12F5NO3/c1-10-4-2-6-12(8-10)29-20(27)26-11-5-3-7-13(9-11)28-19-17(24)15(22)14(21)16(23)18(19)25/h2-9H,1H3,(H,26,27). The Morgan fingerprint density at radius 1 is 0.793 bits per heavy atom. The summed E-state index contributed by atoms with van der Waals surface area (Å²) in [6, 6.07) is 11.8. The number of carbonyl (C=O) groups excluding carboxylic acids is 1. The average molecular weight is 409 g/mol. The zero-order chi connectivity index (χ0) is 21.1. The highest BCUT2D eigenvalue weighted by Gasteiger charge is 2.27. The van der Waals surface area contributed by atoms with Gasteiger partial charge >= 0.3 is 6.09 Å². The maximum absolute atomic E-state index is 13.7. The molecule has 0 atom stereocenters. The summed E-state index contributed by atoms with van der Waals surface area (Å²) in [7, 11) is 0. The topological polar surface area (TPSA) is 47.6 Å².